The Balaban J connectivity index is 2.09. The zero-order chi connectivity index (χ0) is 13.0. The second-order valence-corrected chi connectivity index (χ2v) is 5.11. The summed E-state index contributed by atoms with van der Waals surface area (Å²) in [5.74, 6) is -0.785. The molecule has 1 aromatic heterocycles. The minimum Gasteiger partial charge on any atom is -0.480 e. The number of hydrogen-bond acceptors (Lipinski definition) is 3. The van der Waals surface area contributed by atoms with Gasteiger partial charge in [0.15, 0.2) is 0 Å². The van der Waals surface area contributed by atoms with Crippen LogP contribution in [0.15, 0.2) is 18.5 Å². The normalized spacial score (nSPS) is 16.3. The average Bonchev–Trinajstić information content (AvgIpc) is 2.84. The maximum atomic E-state index is 11.0. The Morgan fingerprint density at radius 3 is 2.83 bits per heavy atom. The summed E-state index contributed by atoms with van der Waals surface area (Å²) in [5, 5.41) is 9.61. The molecule has 0 spiro atoms. The van der Waals surface area contributed by atoms with Gasteiger partial charge >= 0.3 is 5.97 Å². The van der Waals surface area contributed by atoms with E-state index in [2.05, 4.69) is 4.98 Å². The third-order valence-corrected chi connectivity index (χ3v) is 3.75. The van der Waals surface area contributed by atoms with Crippen molar-refractivity contribution in [1.29, 1.82) is 0 Å². The monoisotopic (exact) mass is 268 g/mol. The SMILES string of the molecule is O=C(O)CN(Cc1ccncc1Cl)C1CCCC1. The van der Waals surface area contributed by atoms with Crippen LogP contribution < -0.4 is 0 Å². The van der Waals surface area contributed by atoms with Gasteiger partial charge in [0, 0.05) is 25.0 Å². The van der Waals surface area contributed by atoms with Gasteiger partial charge in [-0.05, 0) is 24.5 Å². The van der Waals surface area contributed by atoms with Crippen LogP contribution in [0, 0.1) is 0 Å². The zero-order valence-electron chi connectivity index (χ0n) is 10.2. The van der Waals surface area contributed by atoms with Gasteiger partial charge in [0.2, 0.25) is 0 Å². The lowest BCUT2D eigenvalue weighted by Gasteiger charge is -2.27. The predicted octanol–water partition coefficient (Wildman–Crippen LogP) is 2.56. The molecule has 0 saturated heterocycles. The van der Waals surface area contributed by atoms with E-state index in [0.29, 0.717) is 17.6 Å². The van der Waals surface area contributed by atoms with Crippen LogP contribution in [-0.2, 0) is 11.3 Å². The molecule has 98 valence electrons. The summed E-state index contributed by atoms with van der Waals surface area (Å²) >= 11 is 6.07. The molecule has 0 amide bonds. The number of aromatic nitrogens is 1. The maximum Gasteiger partial charge on any atom is 0.317 e. The lowest BCUT2D eigenvalue weighted by Crippen LogP contribution is -2.37. The first-order valence-corrected chi connectivity index (χ1v) is 6.59. The highest BCUT2D eigenvalue weighted by atomic mass is 35.5. The highest BCUT2D eigenvalue weighted by Crippen LogP contribution is 2.26. The van der Waals surface area contributed by atoms with Crippen molar-refractivity contribution < 1.29 is 9.90 Å². The Labute approximate surface area is 112 Å². The fourth-order valence-electron chi connectivity index (χ4n) is 2.51. The Hall–Kier alpha value is -1.13. The van der Waals surface area contributed by atoms with E-state index in [1.165, 1.54) is 12.8 Å². The van der Waals surface area contributed by atoms with Crippen LogP contribution in [0.25, 0.3) is 0 Å². The van der Waals surface area contributed by atoms with Crippen LogP contribution in [0.1, 0.15) is 31.2 Å². The molecule has 18 heavy (non-hydrogen) atoms. The van der Waals surface area contributed by atoms with Gasteiger partial charge in [-0.25, -0.2) is 0 Å². The van der Waals surface area contributed by atoms with Crippen molar-refractivity contribution in [1.82, 2.24) is 9.88 Å². The van der Waals surface area contributed by atoms with Gasteiger partial charge in [-0.3, -0.25) is 14.7 Å². The van der Waals surface area contributed by atoms with Crippen LogP contribution in [0.2, 0.25) is 5.02 Å². The summed E-state index contributed by atoms with van der Waals surface area (Å²) < 4.78 is 0. The van der Waals surface area contributed by atoms with Crippen LogP contribution in [0.4, 0.5) is 0 Å². The highest BCUT2D eigenvalue weighted by molar-refractivity contribution is 6.31. The number of carbonyl (C=O) groups is 1. The molecule has 1 heterocycles. The molecule has 2 rings (SSSR count). The molecule has 0 unspecified atom stereocenters. The van der Waals surface area contributed by atoms with E-state index in [-0.39, 0.29) is 6.54 Å². The number of carboxylic acid groups (broad SMARTS) is 1. The van der Waals surface area contributed by atoms with Gasteiger partial charge in [-0.2, -0.15) is 0 Å². The van der Waals surface area contributed by atoms with Crippen LogP contribution in [0.5, 0.6) is 0 Å². The smallest absolute Gasteiger partial charge is 0.317 e. The second-order valence-electron chi connectivity index (χ2n) is 4.70. The van der Waals surface area contributed by atoms with Crippen molar-refractivity contribution in [2.24, 2.45) is 0 Å². The van der Waals surface area contributed by atoms with Gasteiger partial charge in [0.1, 0.15) is 0 Å². The molecular weight excluding hydrogens is 252 g/mol. The zero-order valence-corrected chi connectivity index (χ0v) is 10.9. The lowest BCUT2D eigenvalue weighted by atomic mass is 10.1. The minimum absolute atomic E-state index is 0.0727. The minimum atomic E-state index is -0.785. The standard InChI is InChI=1S/C13H17ClN2O2/c14-12-7-15-6-5-10(12)8-16(9-13(17)18)11-3-1-2-4-11/h5-7,11H,1-4,8-9H2,(H,17,18). The largest absolute Gasteiger partial charge is 0.480 e. The third-order valence-electron chi connectivity index (χ3n) is 3.41. The Kier molecular flexibility index (Phi) is 4.55. The van der Waals surface area contributed by atoms with Crippen molar-refractivity contribution in [3.8, 4) is 0 Å². The van der Waals surface area contributed by atoms with E-state index in [1.807, 2.05) is 11.0 Å². The molecular formula is C13H17ClN2O2. The number of halogens is 1. The van der Waals surface area contributed by atoms with Gasteiger partial charge in [0.05, 0.1) is 11.6 Å². The number of hydrogen-bond donors (Lipinski definition) is 1. The molecule has 1 fully saturated rings. The van der Waals surface area contributed by atoms with Gasteiger partial charge in [-0.15, -0.1) is 0 Å². The lowest BCUT2D eigenvalue weighted by molar-refractivity contribution is -0.139. The summed E-state index contributed by atoms with van der Waals surface area (Å²) in [4.78, 5) is 16.9. The van der Waals surface area contributed by atoms with E-state index in [4.69, 9.17) is 16.7 Å². The molecule has 1 saturated carbocycles. The van der Waals surface area contributed by atoms with Crippen molar-refractivity contribution in [2.45, 2.75) is 38.3 Å². The number of nitrogens with zero attached hydrogens (tertiary/aromatic N) is 2. The summed E-state index contributed by atoms with van der Waals surface area (Å²) in [5.41, 5.74) is 0.944. The fraction of sp³-hybridized carbons (Fsp3) is 0.538. The maximum absolute atomic E-state index is 11.0. The molecule has 1 aromatic rings. The molecule has 0 aromatic carbocycles. The Morgan fingerprint density at radius 1 is 1.50 bits per heavy atom. The summed E-state index contributed by atoms with van der Waals surface area (Å²) in [6.07, 6.45) is 7.82. The van der Waals surface area contributed by atoms with Crippen LogP contribution >= 0.6 is 11.6 Å². The first kappa shape index (κ1) is 13.3. The number of aliphatic carboxylic acids is 1. The average molecular weight is 269 g/mol. The molecule has 0 bridgehead atoms. The molecule has 0 aliphatic heterocycles. The second kappa shape index (κ2) is 6.16. The molecule has 0 atom stereocenters. The quantitative estimate of drug-likeness (QED) is 0.892. The van der Waals surface area contributed by atoms with Crippen LogP contribution in [0.3, 0.4) is 0 Å². The number of pyridine rings is 1. The third kappa shape index (κ3) is 3.43. The van der Waals surface area contributed by atoms with E-state index >= 15 is 0 Å². The summed E-state index contributed by atoms with van der Waals surface area (Å²) in [6.45, 7) is 0.654. The van der Waals surface area contributed by atoms with Crippen molar-refractivity contribution in [3.63, 3.8) is 0 Å². The Morgan fingerprint density at radius 2 is 2.22 bits per heavy atom. The van der Waals surface area contributed by atoms with Crippen molar-refractivity contribution in [3.05, 3.63) is 29.0 Å². The number of rotatable bonds is 5. The molecule has 5 heteroatoms. The van der Waals surface area contributed by atoms with Crippen molar-refractivity contribution in [2.75, 3.05) is 6.54 Å². The molecule has 0 radical (unpaired) electrons. The molecule has 4 nitrogen and oxygen atoms in total. The van der Waals surface area contributed by atoms with Gasteiger partial charge < -0.3 is 5.11 Å². The van der Waals surface area contributed by atoms with Gasteiger partial charge in [0.25, 0.3) is 0 Å². The topological polar surface area (TPSA) is 53.4 Å². The molecule has 1 N–H and O–H groups in total. The molecule has 1 aliphatic carbocycles. The molecule has 1 aliphatic rings. The first-order chi connectivity index (χ1) is 8.66. The van der Waals surface area contributed by atoms with Crippen molar-refractivity contribution >= 4 is 17.6 Å². The van der Waals surface area contributed by atoms with Gasteiger partial charge in [-0.1, -0.05) is 24.4 Å². The summed E-state index contributed by atoms with van der Waals surface area (Å²) in [7, 11) is 0. The van der Waals surface area contributed by atoms with E-state index < -0.39 is 5.97 Å². The fourth-order valence-corrected chi connectivity index (χ4v) is 2.69. The van der Waals surface area contributed by atoms with Crippen LogP contribution in [-0.4, -0.2) is 33.5 Å². The Bertz CT molecular complexity index is 419. The highest BCUT2D eigenvalue weighted by Gasteiger charge is 2.24. The van der Waals surface area contributed by atoms with E-state index in [0.717, 1.165) is 18.4 Å². The number of carboxylic acids is 1. The predicted molar refractivity (Wildman–Crippen MR) is 69.5 cm³/mol. The van der Waals surface area contributed by atoms with E-state index in [1.54, 1.807) is 12.4 Å². The first-order valence-electron chi connectivity index (χ1n) is 6.21. The summed E-state index contributed by atoms with van der Waals surface area (Å²) in [6, 6.07) is 2.22. The van der Waals surface area contributed by atoms with E-state index in [9.17, 15) is 4.79 Å².